The molecule has 1 aromatic heterocycles. The van der Waals surface area contributed by atoms with Crippen LogP contribution in [-0.4, -0.2) is 19.2 Å². The second-order valence-electron chi connectivity index (χ2n) is 4.31. The molecule has 0 aliphatic heterocycles. The average molecular weight is 278 g/mol. The van der Waals surface area contributed by atoms with Crippen LogP contribution in [0.4, 0.5) is 0 Å². The highest BCUT2D eigenvalue weighted by molar-refractivity contribution is 7.11. The minimum Gasteiger partial charge on any atom is -0.497 e. The normalized spacial score (nSPS) is 12.3. The van der Waals surface area contributed by atoms with Crippen molar-refractivity contribution in [3.05, 3.63) is 39.3 Å². The fourth-order valence-electron chi connectivity index (χ4n) is 2.00. The van der Waals surface area contributed by atoms with Crippen molar-refractivity contribution >= 4 is 11.3 Å². The fourth-order valence-corrected chi connectivity index (χ4v) is 2.95. The van der Waals surface area contributed by atoms with Gasteiger partial charge in [0.15, 0.2) is 0 Å². The molecule has 2 N–H and O–H groups in total. The van der Waals surface area contributed by atoms with Crippen LogP contribution < -0.4 is 15.2 Å². The van der Waals surface area contributed by atoms with E-state index in [1.54, 1.807) is 25.6 Å². The predicted octanol–water partition coefficient (Wildman–Crippen LogP) is 2.83. The number of ether oxygens (including phenoxy) is 2. The first-order chi connectivity index (χ1) is 9.05. The molecule has 0 aliphatic rings. The van der Waals surface area contributed by atoms with Gasteiger partial charge in [0.25, 0.3) is 0 Å². The average Bonchev–Trinajstić information content (AvgIpc) is 2.76. The lowest BCUT2D eigenvalue weighted by atomic mass is 10.0. The van der Waals surface area contributed by atoms with Crippen molar-refractivity contribution in [1.82, 2.24) is 4.98 Å². The van der Waals surface area contributed by atoms with Crippen LogP contribution in [0.5, 0.6) is 11.5 Å². The molecule has 19 heavy (non-hydrogen) atoms. The lowest BCUT2D eigenvalue weighted by molar-refractivity contribution is 0.393. The molecule has 0 amide bonds. The van der Waals surface area contributed by atoms with Crippen molar-refractivity contribution in [2.45, 2.75) is 19.9 Å². The lowest BCUT2D eigenvalue weighted by Gasteiger charge is -2.14. The zero-order valence-electron chi connectivity index (χ0n) is 11.6. The van der Waals surface area contributed by atoms with E-state index < -0.39 is 0 Å². The van der Waals surface area contributed by atoms with Crippen molar-refractivity contribution in [3.63, 3.8) is 0 Å². The maximum atomic E-state index is 6.34. The van der Waals surface area contributed by atoms with Crippen molar-refractivity contribution in [1.29, 1.82) is 0 Å². The van der Waals surface area contributed by atoms with Gasteiger partial charge in [0.05, 0.1) is 31.0 Å². The molecule has 102 valence electrons. The van der Waals surface area contributed by atoms with Crippen LogP contribution in [0.3, 0.4) is 0 Å². The minimum atomic E-state index is -0.213. The Balaban J connectivity index is 2.43. The van der Waals surface area contributed by atoms with Crippen LogP contribution in [0.2, 0.25) is 0 Å². The molecule has 0 fully saturated rings. The van der Waals surface area contributed by atoms with Crippen molar-refractivity contribution in [2.24, 2.45) is 5.73 Å². The van der Waals surface area contributed by atoms with Crippen molar-refractivity contribution in [2.75, 3.05) is 14.2 Å². The third-order valence-corrected chi connectivity index (χ3v) is 4.11. The molecule has 1 unspecified atom stereocenters. The molecule has 1 aromatic carbocycles. The number of methoxy groups -OCH3 is 2. The van der Waals surface area contributed by atoms with Gasteiger partial charge in [-0.25, -0.2) is 4.98 Å². The van der Waals surface area contributed by atoms with Gasteiger partial charge in [-0.3, -0.25) is 0 Å². The molecule has 4 nitrogen and oxygen atoms in total. The monoisotopic (exact) mass is 278 g/mol. The molecule has 0 radical (unpaired) electrons. The minimum absolute atomic E-state index is 0.213. The number of hydrogen-bond donors (Lipinski definition) is 1. The van der Waals surface area contributed by atoms with Crippen molar-refractivity contribution in [3.8, 4) is 11.5 Å². The van der Waals surface area contributed by atoms with E-state index in [4.69, 9.17) is 15.2 Å². The number of rotatable bonds is 4. The van der Waals surface area contributed by atoms with Gasteiger partial charge in [-0.2, -0.15) is 0 Å². The summed E-state index contributed by atoms with van der Waals surface area (Å²) in [5, 5.41) is 1.03. The molecule has 5 heteroatoms. The Labute approximate surface area is 117 Å². The summed E-state index contributed by atoms with van der Waals surface area (Å²) in [5.74, 6) is 1.48. The third kappa shape index (κ3) is 2.88. The number of thiazole rings is 1. The summed E-state index contributed by atoms with van der Waals surface area (Å²) >= 11 is 1.63. The van der Waals surface area contributed by atoms with Gasteiger partial charge >= 0.3 is 0 Å². The Morgan fingerprint density at radius 3 is 2.11 bits per heavy atom. The summed E-state index contributed by atoms with van der Waals surface area (Å²) < 4.78 is 10.5. The molecule has 0 spiro atoms. The second-order valence-corrected chi connectivity index (χ2v) is 5.54. The number of hydrogen-bond acceptors (Lipinski definition) is 5. The zero-order chi connectivity index (χ0) is 14.0. The van der Waals surface area contributed by atoms with E-state index in [2.05, 4.69) is 4.98 Å². The molecule has 2 rings (SSSR count). The van der Waals surface area contributed by atoms with Crippen LogP contribution in [0, 0.1) is 13.8 Å². The molecule has 1 heterocycles. The summed E-state index contributed by atoms with van der Waals surface area (Å²) in [6, 6.07) is 5.49. The number of nitrogens with zero attached hydrogens (tertiary/aromatic N) is 1. The van der Waals surface area contributed by atoms with Gasteiger partial charge in [0.1, 0.15) is 11.5 Å². The van der Waals surface area contributed by atoms with E-state index >= 15 is 0 Å². The van der Waals surface area contributed by atoms with Gasteiger partial charge in [0, 0.05) is 10.9 Å². The molecule has 0 aliphatic carbocycles. The SMILES string of the molecule is COc1cc(OC)cc(C(N)c2sc(C)nc2C)c1. The quantitative estimate of drug-likeness (QED) is 0.934. The van der Waals surface area contributed by atoms with Gasteiger partial charge < -0.3 is 15.2 Å². The van der Waals surface area contributed by atoms with Crippen LogP contribution in [0.1, 0.15) is 27.2 Å². The molecule has 1 atom stereocenters. The first kappa shape index (κ1) is 13.8. The number of benzene rings is 1. The Bertz CT molecular complexity index is 559. The Hall–Kier alpha value is -1.59. The molecular formula is C14H18N2O2S. The number of nitrogens with two attached hydrogens (primary N) is 1. The van der Waals surface area contributed by atoms with E-state index in [-0.39, 0.29) is 6.04 Å². The van der Waals surface area contributed by atoms with E-state index in [0.717, 1.165) is 32.6 Å². The maximum absolute atomic E-state index is 6.34. The van der Waals surface area contributed by atoms with E-state index in [1.165, 1.54) is 0 Å². The largest absolute Gasteiger partial charge is 0.497 e. The van der Waals surface area contributed by atoms with Crippen LogP contribution in [-0.2, 0) is 0 Å². The molecule has 0 saturated heterocycles. The highest BCUT2D eigenvalue weighted by Gasteiger charge is 2.17. The summed E-state index contributed by atoms with van der Waals surface area (Å²) in [6.45, 7) is 3.97. The maximum Gasteiger partial charge on any atom is 0.122 e. The number of aromatic nitrogens is 1. The summed E-state index contributed by atoms with van der Waals surface area (Å²) in [7, 11) is 3.26. The molecule has 0 saturated carbocycles. The van der Waals surface area contributed by atoms with Gasteiger partial charge in [-0.05, 0) is 31.5 Å². The van der Waals surface area contributed by atoms with Gasteiger partial charge in [0.2, 0.25) is 0 Å². The van der Waals surface area contributed by atoms with E-state index in [0.29, 0.717) is 0 Å². The Morgan fingerprint density at radius 2 is 1.68 bits per heavy atom. The van der Waals surface area contributed by atoms with Gasteiger partial charge in [-0.1, -0.05) is 0 Å². The lowest BCUT2D eigenvalue weighted by Crippen LogP contribution is -2.12. The standard InChI is InChI=1S/C14H18N2O2S/c1-8-14(19-9(2)16-8)13(15)10-5-11(17-3)7-12(6-10)18-4/h5-7,13H,15H2,1-4H3. The summed E-state index contributed by atoms with van der Waals surface area (Å²) in [5.41, 5.74) is 8.28. The van der Waals surface area contributed by atoms with E-state index in [1.807, 2.05) is 32.0 Å². The van der Waals surface area contributed by atoms with Crippen molar-refractivity contribution < 1.29 is 9.47 Å². The smallest absolute Gasteiger partial charge is 0.122 e. The fraction of sp³-hybridized carbons (Fsp3) is 0.357. The first-order valence-corrected chi connectivity index (χ1v) is 6.79. The van der Waals surface area contributed by atoms with Crippen LogP contribution in [0.25, 0.3) is 0 Å². The zero-order valence-corrected chi connectivity index (χ0v) is 12.4. The van der Waals surface area contributed by atoms with Crippen LogP contribution in [0.15, 0.2) is 18.2 Å². The van der Waals surface area contributed by atoms with E-state index in [9.17, 15) is 0 Å². The Morgan fingerprint density at radius 1 is 1.11 bits per heavy atom. The molecular weight excluding hydrogens is 260 g/mol. The molecule has 0 bridgehead atoms. The topological polar surface area (TPSA) is 57.4 Å². The third-order valence-electron chi connectivity index (χ3n) is 2.95. The Kier molecular flexibility index (Phi) is 4.07. The molecule has 2 aromatic rings. The predicted molar refractivity (Wildman–Crippen MR) is 77.2 cm³/mol. The highest BCUT2D eigenvalue weighted by atomic mass is 32.1. The summed E-state index contributed by atoms with van der Waals surface area (Å²) in [6.07, 6.45) is 0. The van der Waals surface area contributed by atoms with Gasteiger partial charge in [-0.15, -0.1) is 11.3 Å². The first-order valence-electron chi connectivity index (χ1n) is 5.97. The van der Waals surface area contributed by atoms with Crippen LogP contribution >= 0.6 is 11.3 Å². The number of aryl methyl sites for hydroxylation is 2. The second kappa shape index (κ2) is 5.59. The highest BCUT2D eigenvalue weighted by Crippen LogP contribution is 2.32. The summed E-state index contributed by atoms with van der Waals surface area (Å²) in [4.78, 5) is 5.50.